The Hall–Kier alpha value is -1.95. The van der Waals surface area contributed by atoms with E-state index in [0.29, 0.717) is 13.1 Å². The van der Waals surface area contributed by atoms with Crippen LogP contribution in [-0.2, 0) is 6.54 Å². The Balaban J connectivity index is 2.56. The zero-order chi connectivity index (χ0) is 10.8. The second kappa shape index (κ2) is 3.66. The maximum Gasteiger partial charge on any atom is 0.271 e. The summed E-state index contributed by atoms with van der Waals surface area (Å²) in [5.74, 6) is 0. The molecule has 0 atom stereocenters. The molecule has 0 aliphatic heterocycles. The highest BCUT2D eigenvalue weighted by molar-refractivity contribution is 5.80. The van der Waals surface area contributed by atoms with Crippen molar-refractivity contribution in [3.05, 3.63) is 34.5 Å². The van der Waals surface area contributed by atoms with E-state index in [9.17, 15) is 10.1 Å². The van der Waals surface area contributed by atoms with Crippen LogP contribution in [0.5, 0.6) is 0 Å². The van der Waals surface area contributed by atoms with Crippen LogP contribution in [0.25, 0.3) is 10.9 Å². The van der Waals surface area contributed by atoms with Crippen LogP contribution < -0.4 is 5.73 Å². The number of nitrogens with two attached hydrogens (primary N) is 1. The number of nitro benzene ring substituents is 1. The Kier molecular flexibility index (Phi) is 2.34. The van der Waals surface area contributed by atoms with Gasteiger partial charge in [0.15, 0.2) is 0 Å². The lowest BCUT2D eigenvalue weighted by Gasteiger charge is -1.99. The van der Waals surface area contributed by atoms with Crippen molar-refractivity contribution in [2.24, 2.45) is 5.73 Å². The van der Waals surface area contributed by atoms with Crippen LogP contribution in [0.1, 0.15) is 0 Å². The molecule has 0 fully saturated rings. The van der Waals surface area contributed by atoms with Gasteiger partial charge in [-0.25, -0.2) is 0 Å². The third kappa shape index (κ3) is 1.66. The number of aromatic nitrogens is 2. The molecule has 0 spiro atoms. The van der Waals surface area contributed by atoms with Crippen molar-refractivity contribution in [3.63, 3.8) is 0 Å². The van der Waals surface area contributed by atoms with Crippen LogP contribution in [-0.4, -0.2) is 21.2 Å². The second-order valence-electron chi connectivity index (χ2n) is 3.16. The minimum Gasteiger partial charge on any atom is -0.329 e. The van der Waals surface area contributed by atoms with Crippen molar-refractivity contribution >= 4 is 16.6 Å². The SMILES string of the molecule is NCCn1ncc2ccc([N+](=O)[O-])cc21. The van der Waals surface area contributed by atoms with E-state index >= 15 is 0 Å². The zero-order valence-electron chi connectivity index (χ0n) is 7.96. The molecule has 0 saturated heterocycles. The van der Waals surface area contributed by atoms with Crippen LogP contribution in [0.3, 0.4) is 0 Å². The lowest BCUT2D eigenvalue weighted by molar-refractivity contribution is -0.384. The predicted molar refractivity (Wildman–Crippen MR) is 55.4 cm³/mol. The molecule has 1 aromatic heterocycles. The van der Waals surface area contributed by atoms with E-state index in [2.05, 4.69) is 5.10 Å². The molecule has 0 bridgehead atoms. The first-order chi connectivity index (χ1) is 7.22. The maximum atomic E-state index is 10.6. The summed E-state index contributed by atoms with van der Waals surface area (Å²) in [6.45, 7) is 1.02. The molecule has 0 aliphatic rings. The molecule has 2 rings (SSSR count). The summed E-state index contributed by atoms with van der Waals surface area (Å²) in [4.78, 5) is 10.2. The van der Waals surface area contributed by atoms with Crippen LogP contribution in [0.15, 0.2) is 24.4 Å². The van der Waals surface area contributed by atoms with Gasteiger partial charge in [0.05, 0.1) is 23.2 Å². The maximum absolute atomic E-state index is 10.6. The Morgan fingerprint density at radius 2 is 2.33 bits per heavy atom. The number of nitro groups is 1. The van der Waals surface area contributed by atoms with Gasteiger partial charge in [0.25, 0.3) is 5.69 Å². The van der Waals surface area contributed by atoms with Gasteiger partial charge in [-0.05, 0) is 6.07 Å². The fourth-order valence-electron chi connectivity index (χ4n) is 1.47. The minimum atomic E-state index is -0.417. The normalized spacial score (nSPS) is 10.7. The summed E-state index contributed by atoms with van der Waals surface area (Å²) in [6.07, 6.45) is 1.68. The van der Waals surface area contributed by atoms with Crippen molar-refractivity contribution in [3.8, 4) is 0 Å². The highest BCUT2D eigenvalue weighted by atomic mass is 16.6. The third-order valence-corrected chi connectivity index (χ3v) is 2.18. The summed E-state index contributed by atoms with van der Waals surface area (Å²) in [5, 5.41) is 15.6. The zero-order valence-corrected chi connectivity index (χ0v) is 7.96. The molecule has 15 heavy (non-hydrogen) atoms. The molecule has 0 unspecified atom stereocenters. The van der Waals surface area contributed by atoms with Crippen LogP contribution in [0, 0.1) is 10.1 Å². The third-order valence-electron chi connectivity index (χ3n) is 2.18. The van der Waals surface area contributed by atoms with E-state index < -0.39 is 4.92 Å². The molecule has 0 aliphatic carbocycles. The molecule has 1 heterocycles. The van der Waals surface area contributed by atoms with Crippen LogP contribution in [0.4, 0.5) is 5.69 Å². The standard InChI is InChI=1S/C9H10N4O2/c10-3-4-12-9-5-8(13(14)15)2-1-7(9)6-11-12/h1-2,5-6H,3-4,10H2. The fourth-order valence-corrected chi connectivity index (χ4v) is 1.47. The molecule has 0 saturated carbocycles. The van der Waals surface area contributed by atoms with Gasteiger partial charge >= 0.3 is 0 Å². The van der Waals surface area contributed by atoms with Gasteiger partial charge in [0.1, 0.15) is 0 Å². The van der Waals surface area contributed by atoms with Crippen molar-refractivity contribution in [2.75, 3.05) is 6.54 Å². The Morgan fingerprint density at radius 3 is 3.00 bits per heavy atom. The lowest BCUT2D eigenvalue weighted by atomic mass is 10.2. The second-order valence-corrected chi connectivity index (χ2v) is 3.16. The molecule has 78 valence electrons. The van der Waals surface area contributed by atoms with Gasteiger partial charge in [0, 0.05) is 24.1 Å². The molecule has 0 amide bonds. The van der Waals surface area contributed by atoms with Gasteiger partial charge in [-0.15, -0.1) is 0 Å². The molecule has 0 radical (unpaired) electrons. The van der Waals surface area contributed by atoms with Gasteiger partial charge in [-0.2, -0.15) is 5.10 Å². The van der Waals surface area contributed by atoms with Gasteiger partial charge in [0.2, 0.25) is 0 Å². The smallest absolute Gasteiger partial charge is 0.271 e. The summed E-state index contributed by atoms with van der Waals surface area (Å²) >= 11 is 0. The highest BCUT2D eigenvalue weighted by Crippen LogP contribution is 2.20. The van der Waals surface area contributed by atoms with Crippen molar-refractivity contribution in [2.45, 2.75) is 6.54 Å². The van der Waals surface area contributed by atoms with E-state index in [-0.39, 0.29) is 5.69 Å². The number of fused-ring (bicyclic) bond motifs is 1. The van der Waals surface area contributed by atoms with E-state index in [1.165, 1.54) is 12.1 Å². The van der Waals surface area contributed by atoms with Gasteiger partial charge in [-0.3, -0.25) is 14.8 Å². The number of hydrogen-bond acceptors (Lipinski definition) is 4. The summed E-state index contributed by atoms with van der Waals surface area (Å²) < 4.78 is 1.67. The molecule has 6 nitrogen and oxygen atoms in total. The van der Waals surface area contributed by atoms with Crippen LogP contribution >= 0.6 is 0 Å². The highest BCUT2D eigenvalue weighted by Gasteiger charge is 2.09. The molecule has 2 N–H and O–H groups in total. The van der Waals surface area contributed by atoms with Crippen molar-refractivity contribution in [1.29, 1.82) is 0 Å². The van der Waals surface area contributed by atoms with Crippen LogP contribution in [0.2, 0.25) is 0 Å². The number of hydrogen-bond donors (Lipinski definition) is 1. The lowest BCUT2D eigenvalue weighted by Crippen LogP contribution is -2.10. The molecule has 6 heteroatoms. The first-order valence-electron chi connectivity index (χ1n) is 4.52. The Morgan fingerprint density at radius 1 is 1.53 bits per heavy atom. The molecule has 1 aromatic carbocycles. The number of non-ortho nitro benzene ring substituents is 1. The van der Waals surface area contributed by atoms with Gasteiger partial charge < -0.3 is 5.73 Å². The average Bonchev–Trinajstić information content (AvgIpc) is 2.61. The van der Waals surface area contributed by atoms with E-state index in [1.807, 2.05) is 0 Å². The van der Waals surface area contributed by atoms with Crippen molar-refractivity contribution in [1.82, 2.24) is 9.78 Å². The monoisotopic (exact) mass is 206 g/mol. The Labute approximate surface area is 85.4 Å². The molecular weight excluding hydrogens is 196 g/mol. The van der Waals surface area contributed by atoms with Crippen molar-refractivity contribution < 1.29 is 4.92 Å². The number of rotatable bonds is 3. The fraction of sp³-hybridized carbons (Fsp3) is 0.222. The molecule has 2 aromatic rings. The summed E-state index contributed by atoms with van der Waals surface area (Å²) in [6, 6.07) is 4.67. The van der Waals surface area contributed by atoms with E-state index in [1.54, 1.807) is 16.9 Å². The quantitative estimate of drug-likeness (QED) is 0.597. The summed E-state index contributed by atoms with van der Waals surface area (Å²) in [7, 11) is 0. The first kappa shape index (κ1) is 9.60. The topological polar surface area (TPSA) is 87.0 Å². The summed E-state index contributed by atoms with van der Waals surface area (Å²) in [5.41, 5.74) is 6.23. The number of benzene rings is 1. The number of nitrogens with zero attached hydrogens (tertiary/aromatic N) is 3. The Bertz CT molecular complexity index is 506. The van der Waals surface area contributed by atoms with E-state index in [4.69, 9.17) is 5.73 Å². The largest absolute Gasteiger partial charge is 0.329 e. The minimum absolute atomic E-state index is 0.0706. The molecular formula is C9H10N4O2. The first-order valence-corrected chi connectivity index (χ1v) is 4.52. The average molecular weight is 206 g/mol. The van der Waals surface area contributed by atoms with Gasteiger partial charge in [-0.1, -0.05) is 0 Å². The predicted octanol–water partition coefficient (Wildman–Crippen LogP) is 0.903. The van der Waals surface area contributed by atoms with E-state index in [0.717, 1.165) is 10.9 Å².